The van der Waals surface area contributed by atoms with E-state index in [1.807, 2.05) is 20.8 Å². The zero-order valence-electron chi connectivity index (χ0n) is 17.2. The molecule has 0 aliphatic carbocycles. The fraction of sp³-hybridized carbons (Fsp3) is 0.571. The van der Waals surface area contributed by atoms with Crippen molar-refractivity contribution >= 4 is 23.6 Å². The normalized spacial score (nSPS) is 16.8. The molecule has 1 atom stereocenters. The van der Waals surface area contributed by atoms with E-state index in [-0.39, 0.29) is 23.4 Å². The Labute approximate surface area is 166 Å². The molecule has 3 N–H and O–H groups in total. The molecule has 1 aromatic rings. The van der Waals surface area contributed by atoms with Crippen molar-refractivity contribution in [3.05, 3.63) is 28.8 Å². The van der Waals surface area contributed by atoms with Crippen molar-refractivity contribution in [2.45, 2.75) is 47.0 Å². The number of urea groups is 1. The maximum absolute atomic E-state index is 12.5. The van der Waals surface area contributed by atoms with E-state index in [4.69, 9.17) is 0 Å². The van der Waals surface area contributed by atoms with E-state index in [1.54, 1.807) is 17.9 Å². The predicted octanol–water partition coefficient (Wildman–Crippen LogP) is 3.41. The van der Waals surface area contributed by atoms with Crippen molar-refractivity contribution in [3.8, 4) is 0 Å². The Bertz CT molecular complexity index is 745. The quantitative estimate of drug-likeness (QED) is 0.694. The van der Waals surface area contributed by atoms with E-state index in [1.165, 1.54) is 6.07 Å². The summed E-state index contributed by atoms with van der Waals surface area (Å²) >= 11 is 0. The van der Waals surface area contributed by atoms with E-state index in [0.29, 0.717) is 43.2 Å². The number of nitrogens with one attached hydrogen (secondary N) is 2. The number of rotatable bonds is 6. The van der Waals surface area contributed by atoms with E-state index in [0.717, 1.165) is 18.4 Å². The Kier molecular flexibility index (Phi) is 7.43. The van der Waals surface area contributed by atoms with Crippen molar-refractivity contribution < 1.29 is 19.5 Å². The summed E-state index contributed by atoms with van der Waals surface area (Å²) in [5, 5.41) is 15.0. The Morgan fingerprint density at radius 3 is 2.57 bits per heavy atom. The molecule has 0 bridgehead atoms. The Hall–Kier alpha value is -2.57. The van der Waals surface area contributed by atoms with Gasteiger partial charge in [0.1, 0.15) is 0 Å². The number of carboxylic acids is 1. The summed E-state index contributed by atoms with van der Waals surface area (Å²) in [7, 11) is 0. The number of benzene rings is 1. The third kappa shape index (κ3) is 5.97. The van der Waals surface area contributed by atoms with E-state index < -0.39 is 5.97 Å². The highest BCUT2D eigenvalue weighted by Gasteiger charge is 2.25. The number of nitrogens with zero attached hydrogens (tertiary/aromatic N) is 1. The first-order chi connectivity index (χ1) is 13.2. The number of hydrogen-bond donors (Lipinski definition) is 3. The molecule has 0 aromatic heterocycles. The number of likely N-dealkylation sites (tertiary alicyclic amines) is 1. The molecule has 154 valence electrons. The van der Waals surface area contributed by atoms with Gasteiger partial charge in [-0.15, -0.1) is 0 Å². The number of amides is 3. The molecule has 7 nitrogen and oxygen atoms in total. The number of aryl methyl sites for hydroxylation is 2. The van der Waals surface area contributed by atoms with Gasteiger partial charge in [0, 0.05) is 31.7 Å². The maximum atomic E-state index is 12.5. The summed E-state index contributed by atoms with van der Waals surface area (Å²) in [6, 6.07) is 3.21. The third-order valence-corrected chi connectivity index (χ3v) is 5.02. The number of anilines is 1. The van der Waals surface area contributed by atoms with Gasteiger partial charge in [-0.3, -0.25) is 4.79 Å². The van der Waals surface area contributed by atoms with Crippen LogP contribution in [0, 0.1) is 25.7 Å². The molecule has 1 aliphatic heterocycles. The van der Waals surface area contributed by atoms with Crippen LogP contribution < -0.4 is 10.6 Å². The molecule has 1 fully saturated rings. The van der Waals surface area contributed by atoms with Crippen LogP contribution >= 0.6 is 0 Å². The summed E-state index contributed by atoms with van der Waals surface area (Å²) in [6.45, 7) is 9.59. The van der Waals surface area contributed by atoms with Crippen molar-refractivity contribution in [3.63, 3.8) is 0 Å². The summed E-state index contributed by atoms with van der Waals surface area (Å²) in [5.74, 6) is -0.673. The largest absolute Gasteiger partial charge is 0.478 e. The minimum atomic E-state index is -1.01. The molecule has 7 heteroatoms. The lowest BCUT2D eigenvalue weighted by Gasteiger charge is -2.32. The first-order valence-corrected chi connectivity index (χ1v) is 9.84. The zero-order chi connectivity index (χ0) is 20.8. The second-order valence-corrected chi connectivity index (χ2v) is 8.07. The van der Waals surface area contributed by atoms with Gasteiger partial charge >= 0.3 is 12.0 Å². The lowest BCUT2D eigenvalue weighted by molar-refractivity contribution is -0.117. The minimum absolute atomic E-state index is 0.0701. The average molecular weight is 389 g/mol. The standard InChI is InChI=1S/C21H31N3O4/c1-13(2)11-22-21(28)24-7-5-6-16(12-24)9-19(25)23-18-10-17(20(26)27)14(3)8-15(18)4/h8,10,13,16H,5-7,9,11-12H2,1-4H3,(H,22,28)(H,23,25)(H,26,27). The molecule has 28 heavy (non-hydrogen) atoms. The molecule has 0 radical (unpaired) electrons. The second-order valence-electron chi connectivity index (χ2n) is 8.07. The van der Waals surface area contributed by atoms with Crippen LogP contribution in [0.2, 0.25) is 0 Å². The summed E-state index contributed by atoms with van der Waals surface area (Å²) < 4.78 is 0. The highest BCUT2D eigenvalue weighted by Crippen LogP contribution is 2.23. The zero-order valence-corrected chi connectivity index (χ0v) is 17.2. The minimum Gasteiger partial charge on any atom is -0.478 e. The SMILES string of the molecule is Cc1cc(C)c(C(=O)O)cc1NC(=O)CC1CCCN(C(=O)NCC(C)C)C1. The van der Waals surface area contributed by atoms with Crippen molar-refractivity contribution in [1.82, 2.24) is 10.2 Å². The van der Waals surface area contributed by atoms with Gasteiger partial charge in [-0.1, -0.05) is 19.9 Å². The number of hydrogen-bond acceptors (Lipinski definition) is 3. The number of carboxylic acid groups (broad SMARTS) is 1. The van der Waals surface area contributed by atoms with Gasteiger partial charge in [-0.05, 0) is 55.7 Å². The van der Waals surface area contributed by atoms with Crippen LogP contribution in [0.1, 0.15) is 54.6 Å². The van der Waals surface area contributed by atoms with E-state index in [9.17, 15) is 19.5 Å². The Morgan fingerprint density at radius 2 is 1.93 bits per heavy atom. The molecule has 1 unspecified atom stereocenters. The summed E-state index contributed by atoms with van der Waals surface area (Å²) in [6.07, 6.45) is 2.08. The molecule has 1 saturated heterocycles. The van der Waals surface area contributed by atoms with Gasteiger partial charge in [0.2, 0.25) is 5.91 Å². The molecular weight excluding hydrogens is 358 g/mol. The van der Waals surface area contributed by atoms with E-state index >= 15 is 0 Å². The Balaban J connectivity index is 1.95. The van der Waals surface area contributed by atoms with Gasteiger partial charge < -0.3 is 20.6 Å². The topological polar surface area (TPSA) is 98.7 Å². The van der Waals surface area contributed by atoms with Crippen LogP contribution in [-0.4, -0.2) is 47.5 Å². The molecular formula is C21H31N3O4. The van der Waals surface area contributed by atoms with Crippen molar-refractivity contribution in [2.75, 3.05) is 25.0 Å². The van der Waals surface area contributed by atoms with Crippen LogP contribution in [0.25, 0.3) is 0 Å². The van der Waals surface area contributed by atoms with Gasteiger partial charge in [0.05, 0.1) is 5.56 Å². The van der Waals surface area contributed by atoms with Crippen LogP contribution in [0.4, 0.5) is 10.5 Å². The number of aromatic carboxylic acids is 1. The molecule has 2 rings (SSSR count). The lowest BCUT2D eigenvalue weighted by Crippen LogP contribution is -2.46. The Morgan fingerprint density at radius 1 is 1.21 bits per heavy atom. The number of carbonyl (C=O) groups is 3. The third-order valence-electron chi connectivity index (χ3n) is 5.02. The fourth-order valence-corrected chi connectivity index (χ4v) is 3.50. The molecule has 1 aromatic carbocycles. The van der Waals surface area contributed by atoms with Crippen LogP contribution in [0.5, 0.6) is 0 Å². The highest BCUT2D eigenvalue weighted by molar-refractivity contribution is 5.95. The first-order valence-electron chi connectivity index (χ1n) is 9.84. The molecule has 3 amide bonds. The second kappa shape index (κ2) is 9.57. The monoisotopic (exact) mass is 389 g/mol. The highest BCUT2D eigenvalue weighted by atomic mass is 16.4. The van der Waals surface area contributed by atoms with Crippen LogP contribution in [-0.2, 0) is 4.79 Å². The fourth-order valence-electron chi connectivity index (χ4n) is 3.50. The van der Waals surface area contributed by atoms with Gasteiger partial charge in [-0.25, -0.2) is 9.59 Å². The molecule has 0 saturated carbocycles. The molecule has 1 aliphatic rings. The number of carbonyl (C=O) groups excluding carboxylic acids is 2. The van der Waals surface area contributed by atoms with E-state index in [2.05, 4.69) is 10.6 Å². The van der Waals surface area contributed by atoms with Gasteiger partial charge in [0.25, 0.3) is 0 Å². The predicted molar refractivity (Wildman–Crippen MR) is 109 cm³/mol. The first kappa shape index (κ1) is 21.7. The number of piperidine rings is 1. The van der Waals surface area contributed by atoms with Crippen LogP contribution in [0.3, 0.4) is 0 Å². The maximum Gasteiger partial charge on any atom is 0.336 e. The summed E-state index contributed by atoms with van der Waals surface area (Å²) in [5.41, 5.74) is 2.20. The van der Waals surface area contributed by atoms with Crippen LogP contribution in [0.15, 0.2) is 12.1 Å². The molecule has 0 spiro atoms. The van der Waals surface area contributed by atoms with Crippen molar-refractivity contribution in [1.29, 1.82) is 0 Å². The smallest absolute Gasteiger partial charge is 0.336 e. The van der Waals surface area contributed by atoms with Gasteiger partial charge in [0.15, 0.2) is 0 Å². The van der Waals surface area contributed by atoms with Gasteiger partial charge in [-0.2, -0.15) is 0 Å². The molecule has 1 heterocycles. The van der Waals surface area contributed by atoms with Crippen molar-refractivity contribution in [2.24, 2.45) is 11.8 Å². The summed E-state index contributed by atoms with van der Waals surface area (Å²) in [4.78, 5) is 37.9. The average Bonchev–Trinajstić information content (AvgIpc) is 2.61. The lowest BCUT2D eigenvalue weighted by atomic mass is 9.94.